The first-order chi connectivity index (χ1) is 9.24. The normalized spacial score (nSPS) is 25.8. The van der Waals surface area contributed by atoms with E-state index in [0.717, 1.165) is 26.1 Å². The average Bonchev–Trinajstić information content (AvgIpc) is 2.88. The van der Waals surface area contributed by atoms with Crippen molar-refractivity contribution >= 4 is 18.4 Å². The summed E-state index contributed by atoms with van der Waals surface area (Å²) in [5.74, 6) is -0.192. The van der Waals surface area contributed by atoms with E-state index in [4.69, 9.17) is 5.11 Å². The zero-order chi connectivity index (χ0) is 13.2. The zero-order valence-electron chi connectivity index (χ0n) is 11.6. The number of benzene rings is 1. The van der Waals surface area contributed by atoms with Crippen molar-refractivity contribution in [3.8, 4) is 0 Å². The molecule has 2 unspecified atom stereocenters. The molecule has 110 valence electrons. The number of halogens is 1. The number of hydrogen-bond acceptors (Lipinski definition) is 2. The molecule has 3 nitrogen and oxygen atoms in total. The molecule has 0 spiro atoms. The Balaban J connectivity index is 0.00000147. The summed E-state index contributed by atoms with van der Waals surface area (Å²) in [5.41, 5.74) is 2.99. The van der Waals surface area contributed by atoms with E-state index < -0.39 is 5.97 Å². The van der Waals surface area contributed by atoms with E-state index in [0.29, 0.717) is 5.92 Å². The van der Waals surface area contributed by atoms with Crippen LogP contribution in [0.5, 0.6) is 0 Å². The van der Waals surface area contributed by atoms with Gasteiger partial charge >= 0.3 is 5.97 Å². The van der Waals surface area contributed by atoms with Gasteiger partial charge in [0.15, 0.2) is 0 Å². The Bertz CT molecular complexity index is 477. The van der Waals surface area contributed by atoms with E-state index in [9.17, 15) is 4.79 Å². The number of fused-ring (bicyclic) bond motifs is 1. The number of aliphatic carboxylic acids is 1. The first-order valence-electron chi connectivity index (χ1n) is 7.27. The molecule has 1 aromatic carbocycles. The van der Waals surface area contributed by atoms with Gasteiger partial charge in [-0.25, -0.2) is 0 Å². The van der Waals surface area contributed by atoms with E-state index in [2.05, 4.69) is 29.2 Å². The number of likely N-dealkylation sites (tertiary alicyclic amines) is 1. The fourth-order valence-corrected chi connectivity index (χ4v) is 3.56. The van der Waals surface area contributed by atoms with E-state index in [-0.39, 0.29) is 18.3 Å². The number of nitrogens with zero attached hydrogens (tertiary/aromatic N) is 1. The molecule has 0 amide bonds. The Morgan fingerprint density at radius 2 is 2.10 bits per heavy atom. The van der Waals surface area contributed by atoms with Gasteiger partial charge in [0.25, 0.3) is 0 Å². The lowest BCUT2D eigenvalue weighted by Gasteiger charge is -2.29. The molecule has 0 aromatic heterocycles. The summed E-state index contributed by atoms with van der Waals surface area (Å²) < 4.78 is 0. The average molecular weight is 296 g/mol. The summed E-state index contributed by atoms with van der Waals surface area (Å²) in [6, 6.07) is 8.74. The van der Waals surface area contributed by atoms with Gasteiger partial charge in [-0.05, 0) is 49.3 Å². The lowest BCUT2D eigenvalue weighted by molar-refractivity contribution is -0.141. The highest BCUT2D eigenvalue weighted by Crippen LogP contribution is 2.33. The molecule has 1 fully saturated rings. The second kappa shape index (κ2) is 6.59. The molecule has 0 radical (unpaired) electrons. The first-order valence-corrected chi connectivity index (χ1v) is 7.27. The molecular weight excluding hydrogens is 274 g/mol. The summed E-state index contributed by atoms with van der Waals surface area (Å²) in [6.07, 6.45) is 4.51. The molecule has 3 rings (SSSR count). The van der Waals surface area contributed by atoms with Gasteiger partial charge in [0.2, 0.25) is 0 Å². The minimum atomic E-state index is -0.633. The highest BCUT2D eigenvalue weighted by Gasteiger charge is 2.30. The van der Waals surface area contributed by atoms with Crippen molar-refractivity contribution in [2.24, 2.45) is 5.92 Å². The van der Waals surface area contributed by atoms with Gasteiger partial charge in [0.1, 0.15) is 0 Å². The van der Waals surface area contributed by atoms with E-state index in [1.165, 1.54) is 30.4 Å². The van der Waals surface area contributed by atoms with Crippen LogP contribution < -0.4 is 0 Å². The molecule has 1 saturated heterocycles. The van der Waals surface area contributed by atoms with E-state index >= 15 is 0 Å². The van der Waals surface area contributed by atoms with Crippen molar-refractivity contribution in [3.05, 3.63) is 35.4 Å². The van der Waals surface area contributed by atoms with Gasteiger partial charge in [-0.15, -0.1) is 12.4 Å². The third kappa shape index (κ3) is 3.15. The fraction of sp³-hybridized carbons (Fsp3) is 0.562. The van der Waals surface area contributed by atoms with Gasteiger partial charge in [0, 0.05) is 13.1 Å². The third-order valence-electron chi connectivity index (χ3n) is 4.59. The minimum absolute atomic E-state index is 0. The maximum absolute atomic E-state index is 11.0. The van der Waals surface area contributed by atoms with Crippen LogP contribution in [0.1, 0.15) is 36.3 Å². The third-order valence-corrected chi connectivity index (χ3v) is 4.59. The number of carbonyl (C=O) groups is 1. The largest absolute Gasteiger partial charge is 0.481 e. The fourth-order valence-electron chi connectivity index (χ4n) is 3.56. The molecule has 0 saturated carbocycles. The number of carboxylic acid groups (broad SMARTS) is 1. The summed E-state index contributed by atoms with van der Waals surface area (Å²) in [4.78, 5) is 13.3. The highest BCUT2D eigenvalue weighted by atomic mass is 35.5. The molecule has 1 heterocycles. The van der Waals surface area contributed by atoms with Gasteiger partial charge in [-0.3, -0.25) is 4.79 Å². The zero-order valence-corrected chi connectivity index (χ0v) is 12.4. The topological polar surface area (TPSA) is 40.5 Å². The van der Waals surface area contributed by atoms with Crippen LogP contribution >= 0.6 is 12.4 Å². The molecule has 1 aromatic rings. The Kier molecular flexibility index (Phi) is 5.06. The molecule has 1 aliphatic heterocycles. The molecule has 4 heteroatoms. The van der Waals surface area contributed by atoms with Crippen molar-refractivity contribution in [2.75, 3.05) is 19.6 Å². The van der Waals surface area contributed by atoms with Crippen molar-refractivity contribution in [3.63, 3.8) is 0 Å². The first kappa shape index (κ1) is 15.3. The number of carboxylic acids is 1. The second-order valence-corrected chi connectivity index (χ2v) is 5.87. The van der Waals surface area contributed by atoms with Crippen LogP contribution in [-0.4, -0.2) is 35.6 Å². The maximum Gasteiger partial charge on any atom is 0.307 e. The summed E-state index contributed by atoms with van der Waals surface area (Å²) >= 11 is 0. The Morgan fingerprint density at radius 1 is 1.30 bits per heavy atom. The molecule has 2 atom stereocenters. The van der Waals surface area contributed by atoms with Crippen LogP contribution in [0.4, 0.5) is 0 Å². The van der Waals surface area contributed by atoms with Crippen LogP contribution in [0.2, 0.25) is 0 Å². The molecule has 1 N–H and O–H groups in total. The SMILES string of the molecule is Cl.O=C(O)C1CCN(CC2CCCc3ccccc32)C1. The summed E-state index contributed by atoms with van der Waals surface area (Å²) in [5, 5.41) is 9.07. The number of hydrogen-bond donors (Lipinski definition) is 1. The predicted molar refractivity (Wildman–Crippen MR) is 81.6 cm³/mol. The Morgan fingerprint density at radius 3 is 2.85 bits per heavy atom. The van der Waals surface area contributed by atoms with Crippen LogP contribution in [-0.2, 0) is 11.2 Å². The van der Waals surface area contributed by atoms with E-state index in [1.807, 2.05) is 0 Å². The van der Waals surface area contributed by atoms with Crippen LogP contribution in [0.15, 0.2) is 24.3 Å². The van der Waals surface area contributed by atoms with Crippen molar-refractivity contribution in [2.45, 2.75) is 31.6 Å². The van der Waals surface area contributed by atoms with Gasteiger partial charge in [0.05, 0.1) is 5.92 Å². The molecule has 20 heavy (non-hydrogen) atoms. The van der Waals surface area contributed by atoms with Gasteiger partial charge in [-0.1, -0.05) is 24.3 Å². The lowest BCUT2D eigenvalue weighted by atomic mass is 9.82. The van der Waals surface area contributed by atoms with Crippen LogP contribution in [0, 0.1) is 5.92 Å². The lowest BCUT2D eigenvalue weighted by Crippen LogP contribution is -2.29. The smallest absolute Gasteiger partial charge is 0.307 e. The maximum atomic E-state index is 11.0. The minimum Gasteiger partial charge on any atom is -0.481 e. The molecule has 2 aliphatic rings. The quantitative estimate of drug-likeness (QED) is 0.932. The van der Waals surface area contributed by atoms with Gasteiger partial charge < -0.3 is 10.0 Å². The van der Waals surface area contributed by atoms with Crippen LogP contribution in [0.3, 0.4) is 0 Å². The Labute approximate surface area is 126 Å². The Hall–Kier alpha value is -1.06. The number of aryl methyl sites for hydroxylation is 1. The highest BCUT2D eigenvalue weighted by molar-refractivity contribution is 5.85. The molecule has 1 aliphatic carbocycles. The van der Waals surface area contributed by atoms with Crippen molar-refractivity contribution in [1.29, 1.82) is 0 Å². The molecule has 0 bridgehead atoms. The monoisotopic (exact) mass is 295 g/mol. The van der Waals surface area contributed by atoms with E-state index in [1.54, 1.807) is 0 Å². The molecular formula is C16H22ClNO2. The number of rotatable bonds is 3. The standard InChI is InChI=1S/C16H21NO2.ClH/c18-16(19)14-8-9-17(11-14)10-13-6-3-5-12-4-1-2-7-15(12)13;/h1-2,4,7,13-14H,3,5-6,8-11H2,(H,18,19);1H. The summed E-state index contributed by atoms with van der Waals surface area (Å²) in [6.45, 7) is 2.70. The summed E-state index contributed by atoms with van der Waals surface area (Å²) in [7, 11) is 0. The van der Waals surface area contributed by atoms with Crippen LogP contribution in [0.25, 0.3) is 0 Å². The predicted octanol–water partition coefficient (Wildman–Crippen LogP) is 2.93. The second-order valence-electron chi connectivity index (χ2n) is 5.87. The van der Waals surface area contributed by atoms with Gasteiger partial charge in [-0.2, -0.15) is 0 Å². The van der Waals surface area contributed by atoms with Crippen molar-refractivity contribution < 1.29 is 9.90 Å². The van der Waals surface area contributed by atoms with Crippen molar-refractivity contribution in [1.82, 2.24) is 4.90 Å².